The Bertz CT molecular complexity index is 396. The van der Waals surface area contributed by atoms with Crippen LogP contribution in [-0.2, 0) is 9.59 Å². The van der Waals surface area contributed by atoms with Crippen molar-refractivity contribution in [2.75, 3.05) is 12.4 Å². The first-order chi connectivity index (χ1) is 8.02. The lowest BCUT2D eigenvalue weighted by atomic mass is 10.1. The van der Waals surface area contributed by atoms with Gasteiger partial charge in [-0.05, 0) is 24.3 Å². The van der Waals surface area contributed by atoms with Crippen LogP contribution in [0.5, 0.6) is 5.75 Å². The number of anilines is 1. The second-order valence-corrected chi connectivity index (χ2v) is 4.07. The lowest BCUT2D eigenvalue weighted by molar-refractivity contribution is -0.127. The van der Waals surface area contributed by atoms with E-state index < -0.39 is 0 Å². The molecule has 1 rings (SSSR count). The Labute approximate surface area is 101 Å². The Kier molecular flexibility index (Phi) is 4.69. The summed E-state index contributed by atoms with van der Waals surface area (Å²) in [5.74, 6) is 0.266. The SMILES string of the molecule is COc1ccc(NC(=O)CC(=O)C(C)C)cc1. The standard InChI is InChI=1S/C13H17NO3/c1-9(2)12(15)8-13(16)14-10-4-6-11(17-3)7-5-10/h4-7,9H,8H2,1-3H3,(H,14,16). The highest BCUT2D eigenvalue weighted by Gasteiger charge is 2.12. The summed E-state index contributed by atoms with van der Waals surface area (Å²) >= 11 is 0. The molecule has 0 spiro atoms. The largest absolute Gasteiger partial charge is 0.497 e. The van der Waals surface area contributed by atoms with E-state index in [1.54, 1.807) is 45.2 Å². The minimum atomic E-state index is -0.283. The van der Waals surface area contributed by atoms with Crippen LogP contribution < -0.4 is 10.1 Å². The maximum absolute atomic E-state index is 11.5. The third-order valence-electron chi connectivity index (χ3n) is 2.35. The molecule has 1 aromatic rings. The van der Waals surface area contributed by atoms with Crippen molar-refractivity contribution < 1.29 is 14.3 Å². The van der Waals surface area contributed by atoms with Gasteiger partial charge in [-0.1, -0.05) is 13.8 Å². The van der Waals surface area contributed by atoms with E-state index in [0.717, 1.165) is 5.75 Å². The molecule has 0 saturated carbocycles. The molecule has 4 heteroatoms. The summed E-state index contributed by atoms with van der Waals surface area (Å²) in [5.41, 5.74) is 0.660. The van der Waals surface area contributed by atoms with Crippen molar-refractivity contribution in [3.05, 3.63) is 24.3 Å². The van der Waals surface area contributed by atoms with E-state index in [1.165, 1.54) is 0 Å². The van der Waals surface area contributed by atoms with E-state index >= 15 is 0 Å². The van der Waals surface area contributed by atoms with Crippen LogP contribution in [0.2, 0.25) is 0 Å². The van der Waals surface area contributed by atoms with Gasteiger partial charge in [-0.15, -0.1) is 0 Å². The lowest BCUT2D eigenvalue weighted by Gasteiger charge is -2.07. The van der Waals surface area contributed by atoms with E-state index in [-0.39, 0.29) is 24.0 Å². The molecule has 92 valence electrons. The molecule has 17 heavy (non-hydrogen) atoms. The van der Waals surface area contributed by atoms with Gasteiger partial charge < -0.3 is 10.1 Å². The first kappa shape index (κ1) is 13.2. The zero-order valence-electron chi connectivity index (χ0n) is 10.3. The molecule has 0 bridgehead atoms. The van der Waals surface area contributed by atoms with E-state index in [1.807, 2.05) is 0 Å². The van der Waals surface area contributed by atoms with Gasteiger partial charge in [0.25, 0.3) is 0 Å². The average molecular weight is 235 g/mol. The Morgan fingerprint density at radius 2 is 1.82 bits per heavy atom. The highest BCUT2D eigenvalue weighted by Crippen LogP contribution is 2.15. The van der Waals surface area contributed by atoms with Crippen LogP contribution >= 0.6 is 0 Å². The quantitative estimate of drug-likeness (QED) is 0.796. The van der Waals surface area contributed by atoms with Crippen LogP contribution in [0.3, 0.4) is 0 Å². The van der Waals surface area contributed by atoms with Crippen LogP contribution in [-0.4, -0.2) is 18.8 Å². The topological polar surface area (TPSA) is 55.4 Å². The second-order valence-electron chi connectivity index (χ2n) is 4.07. The number of ether oxygens (including phenoxy) is 1. The average Bonchev–Trinajstić information content (AvgIpc) is 2.29. The van der Waals surface area contributed by atoms with Gasteiger partial charge in [0.1, 0.15) is 11.5 Å². The Morgan fingerprint density at radius 1 is 1.24 bits per heavy atom. The Hall–Kier alpha value is -1.84. The number of hydrogen-bond acceptors (Lipinski definition) is 3. The van der Waals surface area contributed by atoms with E-state index in [4.69, 9.17) is 4.74 Å². The van der Waals surface area contributed by atoms with Crippen LogP contribution in [0.15, 0.2) is 24.3 Å². The molecule has 0 saturated heterocycles. The predicted molar refractivity (Wildman–Crippen MR) is 66.1 cm³/mol. The molecule has 0 fully saturated rings. The normalized spacial score (nSPS) is 10.1. The van der Waals surface area contributed by atoms with Crippen LogP contribution in [0.4, 0.5) is 5.69 Å². The number of benzene rings is 1. The number of carbonyl (C=O) groups is 2. The molecular weight excluding hydrogens is 218 g/mol. The van der Waals surface area contributed by atoms with Crippen molar-refractivity contribution in [3.63, 3.8) is 0 Å². The summed E-state index contributed by atoms with van der Waals surface area (Å²) in [6.45, 7) is 3.56. The first-order valence-electron chi connectivity index (χ1n) is 5.49. The molecule has 0 radical (unpaired) electrons. The van der Waals surface area contributed by atoms with E-state index in [0.29, 0.717) is 5.69 Å². The van der Waals surface area contributed by atoms with Gasteiger partial charge in [0.15, 0.2) is 0 Å². The maximum atomic E-state index is 11.5. The number of ketones is 1. The fraction of sp³-hybridized carbons (Fsp3) is 0.385. The third-order valence-corrected chi connectivity index (χ3v) is 2.35. The third kappa shape index (κ3) is 4.26. The molecule has 4 nitrogen and oxygen atoms in total. The van der Waals surface area contributed by atoms with Gasteiger partial charge in [0.05, 0.1) is 13.5 Å². The molecule has 1 N–H and O–H groups in total. The van der Waals surface area contributed by atoms with Crippen molar-refractivity contribution in [3.8, 4) is 5.75 Å². The fourth-order valence-electron chi connectivity index (χ4n) is 1.24. The molecule has 0 aliphatic carbocycles. The summed E-state index contributed by atoms with van der Waals surface area (Å²) in [4.78, 5) is 22.9. The molecular formula is C13H17NO3. The highest BCUT2D eigenvalue weighted by atomic mass is 16.5. The number of methoxy groups -OCH3 is 1. The van der Waals surface area contributed by atoms with Crippen molar-refractivity contribution in [2.24, 2.45) is 5.92 Å². The summed E-state index contributed by atoms with van der Waals surface area (Å²) in [7, 11) is 1.58. The van der Waals surface area contributed by atoms with Gasteiger partial charge in [-0.3, -0.25) is 9.59 Å². The molecule has 0 aliphatic rings. The van der Waals surface area contributed by atoms with Crippen LogP contribution in [0, 0.1) is 5.92 Å². The van der Waals surface area contributed by atoms with Crippen molar-refractivity contribution in [1.29, 1.82) is 0 Å². The second kappa shape index (κ2) is 6.03. The summed E-state index contributed by atoms with van der Waals surface area (Å²) in [6, 6.07) is 6.97. The molecule has 0 aliphatic heterocycles. The molecule has 1 amide bonds. The number of Topliss-reactive ketones (excluding diaryl/α,β-unsaturated/α-hetero) is 1. The number of hydrogen-bond donors (Lipinski definition) is 1. The minimum Gasteiger partial charge on any atom is -0.497 e. The highest BCUT2D eigenvalue weighted by molar-refractivity contribution is 6.04. The fourth-order valence-corrected chi connectivity index (χ4v) is 1.24. The number of nitrogens with one attached hydrogen (secondary N) is 1. The van der Waals surface area contributed by atoms with Crippen molar-refractivity contribution in [1.82, 2.24) is 0 Å². The number of amides is 1. The molecule has 0 atom stereocenters. The Balaban J connectivity index is 2.53. The van der Waals surface area contributed by atoms with Gasteiger partial charge in [-0.2, -0.15) is 0 Å². The van der Waals surface area contributed by atoms with Gasteiger partial charge in [0.2, 0.25) is 5.91 Å². The smallest absolute Gasteiger partial charge is 0.231 e. The minimum absolute atomic E-state index is 0.0592. The maximum Gasteiger partial charge on any atom is 0.231 e. The summed E-state index contributed by atoms with van der Waals surface area (Å²) in [6.07, 6.45) is -0.0797. The monoisotopic (exact) mass is 235 g/mol. The first-order valence-corrected chi connectivity index (χ1v) is 5.49. The summed E-state index contributed by atoms with van der Waals surface area (Å²) < 4.78 is 5.00. The van der Waals surface area contributed by atoms with Crippen molar-refractivity contribution in [2.45, 2.75) is 20.3 Å². The molecule has 0 heterocycles. The van der Waals surface area contributed by atoms with Crippen LogP contribution in [0.1, 0.15) is 20.3 Å². The molecule has 0 unspecified atom stereocenters. The van der Waals surface area contributed by atoms with E-state index in [2.05, 4.69) is 5.32 Å². The zero-order chi connectivity index (χ0) is 12.8. The number of carbonyl (C=O) groups excluding carboxylic acids is 2. The predicted octanol–water partition coefficient (Wildman–Crippen LogP) is 2.25. The van der Waals surface area contributed by atoms with Gasteiger partial charge >= 0.3 is 0 Å². The van der Waals surface area contributed by atoms with Crippen molar-refractivity contribution >= 4 is 17.4 Å². The Morgan fingerprint density at radius 3 is 2.29 bits per heavy atom. The molecule has 0 aromatic heterocycles. The molecule has 1 aromatic carbocycles. The number of rotatable bonds is 5. The van der Waals surface area contributed by atoms with E-state index in [9.17, 15) is 9.59 Å². The van der Waals surface area contributed by atoms with Gasteiger partial charge in [-0.25, -0.2) is 0 Å². The van der Waals surface area contributed by atoms with Gasteiger partial charge in [0, 0.05) is 11.6 Å². The zero-order valence-corrected chi connectivity index (χ0v) is 10.3. The van der Waals surface area contributed by atoms with Crippen LogP contribution in [0.25, 0.3) is 0 Å². The summed E-state index contributed by atoms with van der Waals surface area (Å²) in [5, 5.41) is 2.66. The lowest BCUT2D eigenvalue weighted by Crippen LogP contribution is -2.19.